The van der Waals surface area contributed by atoms with Crippen molar-refractivity contribution in [3.05, 3.63) is 65.5 Å². The number of hydrogen-bond donors (Lipinski definition) is 1. The van der Waals surface area contributed by atoms with Crippen LogP contribution in [-0.2, 0) is 16.0 Å². The zero-order valence-corrected chi connectivity index (χ0v) is 12.7. The van der Waals surface area contributed by atoms with E-state index in [1.807, 2.05) is 25.1 Å². The van der Waals surface area contributed by atoms with E-state index in [1.165, 1.54) is 6.07 Å². The van der Waals surface area contributed by atoms with Gasteiger partial charge in [0.25, 0.3) is 0 Å². The fraction of sp³-hybridized carbons (Fsp3) is 0.278. The van der Waals surface area contributed by atoms with Gasteiger partial charge in [-0.05, 0) is 24.6 Å². The number of carbonyl (C=O) groups is 1. The van der Waals surface area contributed by atoms with Crippen LogP contribution in [0.4, 0.5) is 4.39 Å². The number of carboxylic acid groups (broad SMARTS) is 1. The van der Waals surface area contributed by atoms with Gasteiger partial charge in [-0.3, -0.25) is 0 Å². The molecule has 0 aliphatic carbocycles. The van der Waals surface area contributed by atoms with Crippen LogP contribution in [0.1, 0.15) is 24.2 Å². The van der Waals surface area contributed by atoms with E-state index in [9.17, 15) is 9.18 Å². The van der Waals surface area contributed by atoms with E-state index in [2.05, 4.69) is 0 Å². The third kappa shape index (κ3) is 3.05. The molecule has 23 heavy (non-hydrogen) atoms. The van der Waals surface area contributed by atoms with Crippen LogP contribution in [0.25, 0.3) is 0 Å². The Balaban J connectivity index is 1.93. The van der Waals surface area contributed by atoms with Crippen molar-refractivity contribution in [1.82, 2.24) is 0 Å². The minimum absolute atomic E-state index is 0.276. The Kier molecular flexibility index (Phi) is 4.05. The molecule has 0 amide bonds. The van der Waals surface area contributed by atoms with Gasteiger partial charge < -0.3 is 14.6 Å². The van der Waals surface area contributed by atoms with Gasteiger partial charge in [0, 0.05) is 12.0 Å². The van der Waals surface area contributed by atoms with E-state index < -0.39 is 24.3 Å². The molecule has 0 bridgehead atoms. The smallest absolute Gasteiger partial charge is 0.329 e. The van der Waals surface area contributed by atoms with E-state index in [0.29, 0.717) is 11.3 Å². The third-order valence-electron chi connectivity index (χ3n) is 3.97. The summed E-state index contributed by atoms with van der Waals surface area (Å²) in [6.07, 6.45) is -0.298. The molecule has 1 N–H and O–H groups in total. The lowest BCUT2D eigenvalue weighted by molar-refractivity contribution is -0.148. The molecule has 0 spiro atoms. The predicted molar refractivity (Wildman–Crippen MR) is 81.9 cm³/mol. The van der Waals surface area contributed by atoms with Crippen molar-refractivity contribution in [2.45, 2.75) is 25.0 Å². The van der Waals surface area contributed by atoms with Crippen molar-refractivity contribution in [2.24, 2.45) is 0 Å². The highest BCUT2D eigenvalue weighted by atomic mass is 19.1. The number of fused-ring (bicyclic) bond motifs is 1. The highest BCUT2D eigenvalue weighted by Crippen LogP contribution is 2.46. The van der Waals surface area contributed by atoms with Crippen molar-refractivity contribution < 1.29 is 23.8 Å². The predicted octanol–water partition coefficient (Wildman–Crippen LogP) is 3.36. The molecule has 2 aromatic carbocycles. The summed E-state index contributed by atoms with van der Waals surface area (Å²) >= 11 is 0. The maximum absolute atomic E-state index is 14.0. The van der Waals surface area contributed by atoms with E-state index in [0.717, 1.165) is 5.56 Å². The molecule has 0 radical (unpaired) electrons. The lowest BCUT2D eigenvalue weighted by atomic mass is 9.88. The number of hydrogen-bond acceptors (Lipinski definition) is 3. The standard InChI is InChI=1S/C18H17FO4/c1-18(10-12-6-2-4-8-14(12)19)17(22-11-16(20)21)13-7-3-5-9-15(13)23-18/h2-9,17H,10-11H2,1H3,(H,20,21)/t17-,18+/m1/s1. The average Bonchev–Trinajstić information content (AvgIpc) is 2.79. The van der Waals surface area contributed by atoms with Crippen LogP contribution in [0, 0.1) is 5.82 Å². The summed E-state index contributed by atoms with van der Waals surface area (Å²) in [6.45, 7) is 1.38. The molecule has 5 heteroatoms. The minimum Gasteiger partial charge on any atom is -0.484 e. The van der Waals surface area contributed by atoms with Crippen LogP contribution in [0.3, 0.4) is 0 Å². The zero-order valence-electron chi connectivity index (χ0n) is 12.7. The lowest BCUT2D eigenvalue weighted by Crippen LogP contribution is -2.39. The van der Waals surface area contributed by atoms with Gasteiger partial charge in [0.05, 0.1) is 0 Å². The van der Waals surface area contributed by atoms with Gasteiger partial charge in [-0.15, -0.1) is 0 Å². The Morgan fingerprint density at radius 3 is 2.70 bits per heavy atom. The summed E-state index contributed by atoms with van der Waals surface area (Å²) in [6, 6.07) is 13.8. The zero-order chi connectivity index (χ0) is 16.4. The highest BCUT2D eigenvalue weighted by molar-refractivity contribution is 5.68. The molecule has 1 heterocycles. The molecule has 3 rings (SSSR count). The molecule has 0 saturated heterocycles. The Hall–Kier alpha value is -2.40. The number of ether oxygens (including phenoxy) is 2. The van der Waals surface area contributed by atoms with Gasteiger partial charge in [0.1, 0.15) is 29.9 Å². The Labute approximate surface area is 133 Å². The highest BCUT2D eigenvalue weighted by Gasteiger charge is 2.46. The minimum atomic E-state index is -1.05. The monoisotopic (exact) mass is 316 g/mol. The van der Waals surface area contributed by atoms with Gasteiger partial charge >= 0.3 is 5.97 Å². The SMILES string of the molecule is C[C@@]1(Cc2ccccc2F)Oc2ccccc2[C@H]1OCC(=O)O. The normalized spacial score (nSPS) is 22.4. The second-order valence-electron chi connectivity index (χ2n) is 5.81. The molecular weight excluding hydrogens is 299 g/mol. The van der Waals surface area contributed by atoms with Gasteiger partial charge in [-0.1, -0.05) is 36.4 Å². The van der Waals surface area contributed by atoms with Crippen LogP contribution < -0.4 is 4.74 Å². The lowest BCUT2D eigenvalue weighted by Gasteiger charge is -2.30. The van der Waals surface area contributed by atoms with Crippen molar-refractivity contribution in [2.75, 3.05) is 6.61 Å². The van der Waals surface area contributed by atoms with Crippen LogP contribution in [0.2, 0.25) is 0 Å². The molecule has 2 atom stereocenters. The van der Waals surface area contributed by atoms with Crippen molar-refractivity contribution in [3.8, 4) is 5.75 Å². The van der Waals surface area contributed by atoms with Crippen LogP contribution >= 0.6 is 0 Å². The van der Waals surface area contributed by atoms with Gasteiger partial charge in [-0.2, -0.15) is 0 Å². The van der Waals surface area contributed by atoms with Crippen LogP contribution in [-0.4, -0.2) is 23.3 Å². The summed E-state index contributed by atoms with van der Waals surface area (Å²) in [5.74, 6) is -0.727. The molecule has 1 aliphatic rings. The van der Waals surface area contributed by atoms with Crippen molar-refractivity contribution >= 4 is 5.97 Å². The average molecular weight is 316 g/mol. The number of para-hydroxylation sites is 1. The van der Waals surface area contributed by atoms with Crippen LogP contribution in [0.5, 0.6) is 5.75 Å². The molecule has 0 fully saturated rings. The molecule has 0 saturated carbocycles. The second-order valence-corrected chi connectivity index (χ2v) is 5.81. The van der Waals surface area contributed by atoms with Gasteiger partial charge in [-0.25, -0.2) is 9.18 Å². The molecule has 0 unspecified atom stereocenters. The number of rotatable bonds is 5. The molecule has 4 nitrogen and oxygen atoms in total. The summed E-state index contributed by atoms with van der Waals surface area (Å²) in [4.78, 5) is 10.9. The van der Waals surface area contributed by atoms with E-state index in [1.54, 1.807) is 24.3 Å². The van der Waals surface area contributed by atoms with E-state index >= 15 is 0 Å². The largest absolute Gasteiger partial charge is 0.484 e. The summed E-state index contributed by atoms with van der Waals surface area (Å²) in [5.41, 5.74) is 0.417. The molecule has 120 valence electrons. The van der Waals surface area contributed by atoms with Crippen LogP contribution in [0.15, 0.2) is 48.5 Å². The first kappa shape index (κ1) is 15.5. The number of halogens is 1. The molecule has 1 aliphatic heterocycles. The topological polar surface area (TPSA) is 55.8 Å². The first-order chi connectivity index (χ1) is 11.0. The van der Waals surface area contributed by atoms with E-state index in [4.69, 9.17) is 14.6 Å². The number of benzene rings is 2. The number of carboxylic acids is 1. The quantitative estimate of drug-likeness (QED) is 0.919. The fourth-order valence-corrected chi connectivity index (χ4v) is 2.99. The summed E-state index contributed by atoms with van der Waals surface area (Å²) in [7, 11) is 0. The number of aliphatic carboxylic acids is 1. The third-order valence-corrected chi connectivity index (χ3v) is 3.97. The maximum Gasteiger partial charge on any atom is 0.329 e. The summed E-state index contributed by atoms with van der Waals surface area (Å²) < 4.78 is 25.6. The Morgan fingerprint density at radius 1 is 1.26 bits per heavy atom. The molecular formula is C18H17FO4. The van der Waals surface area contributed by atoms with Gasteiger partial charge in [0.2, 0.25) is 0 Å². The Bertz CT molecular complexity index is 730. The Morgan fingerprint density at radius 2 is 1.96 bits per heavy atom. The fourth-order valence-electron chi connectivity index (χ4n) is 2.99. The first-order valence-electron chi connectivity index (χ1n) is 7.34. The van der Waals surface area contributed by atoms with Gasteiger partial charge in [0.15, 0.2) is 0 Å². The first-order valence-corrected chi connectivity index (χ1v) is 7.34. The second kappa shape index (κ2) is 6.01. The maximum atomic E-state index is 14.0. The van der Waals surface area contributed by atoms with Crippen molar-refractivity contribution in [1.29, 1.82) is 0 Å². The molecule has 0 aromatic heterocycles. The van der Waals surface area contributed by atoms with E-state index in [-0.39, 0.29) is 12.2 Å². The van der Waals surface area contributed by atoms with Crippen molar-refractivity contribution in [3.63, 3.8) is 0 Å². The summed E-state index contributed by atoms with van der Waals surface area (Å²) in [5, 5.41) is 8.90. The molecule has 2 aromatic rings.